The van der Waals surface area contributed by atoms with Crippen LogP contribution in [0, 0.1) is 6.92 Å². The molecular weight excluding hydrogens is 364 g/mol. The van der Waals surface area contributed by atoms with E-state index in [1.165, 1.54) is 0 Å². The van der Waals surface area contributed by atoms with Crippen LogP contribution in [0.15, 0.2) is 87.9 Å². The van der Waals surface area contributed by atoms with Gasteiger partial charge < -0.3 is 14.2 Å². The summed E-state index contributed by atoms with van der Waals surface area (Å²) in [7, 11) is 0. The van der Waals surface area contributed by atoms with Crippen LogP contribution in [0.4, 0.5) is 0 Å². The molecule has 0 spiro atoms. The summed E-state index contributed by atoms with van der Waals surface area (Å²) in [5, 5.41) is 3.20. The van der Waals surface area contributed by atoms with E-state index in [0.717, 1.165) is 11.1 Å². The van der Waals surface area contributed by atoms with Crippen molar-refractivity contribution in [2.45, 2.75) is 25.8 Å². The number of amides is 1. The second-order valence-electron chi connectivity index (χ2n) is 7.08. The molecule has 5 heteroatoms. The number of nitrogens with one attached hydrogen (secondary N) is 1. The van der Waals surface area contributed by atoms with Crippen LogP contribution in [0.5, 0.6) is 0 Å². The molecule has 29 heavy (non-hydrogen) atoms. The Kier molecular flexibility index (Phi) is 5.04. The van der Waals surface area contributed by atoms with E-state index in [1.807, 2.05) is 67.6 Å². The normalized spacial score (nSPS) is 11.4. The third kappa shape index (κ3) is 3.85. The lowest BCUT2D eigenvalue weighted by Gasteiger charge is -2.32. The van der Waals surface area contributed by atoms with Gasteiger partial charge in [0.25, 0.3) is 5.89 Å². The second kappa shape index (κ2) is 7.80. The van der Waals surface area contributed by atoms with Crippen molar-refractivity contribution in [3.63, 3.8) is 0 Å². The first-order valence-electron chi connectivity index (χ1n) is 9.48. The number of hydrogen-bond acceptors (Lipinski definition) is 4. The van der Waals surface area contributed by atoms with E-state index >= 15 is 0 Å². The SMILES string of the molecule is Cc1oc(-c2ccco2)nc1CC(=O)NC(C)(c1ccccc1)c1ccccc1. The van der Waals surface area contributed by atoms with Gasteiger partial charge in [0.2, 0.25) is 5.91 Å². The number of hydrogen-bond donors (Lipinski definition) is 1. The Bertz CT molecular complexity index is 1040. The first kappa shape index (κ1) is 18.7. The number of rotatable bonds is 6. The summed E-state index contributed by atoms with van der Waals surface area (Å²) in [6.45, 7) is 3.81. The predicted octanol–water partition coefficient (Wildman–Crippen LogP) is 4.87. The van der Waals surface area contributed by atoms with Crippen LogP contribution in [0.3, 0.4) is 0 Å². The Balaban J connectivity index is 1.60. The molecule has 0 atom stereocenters. The van der Waals surface area contributed by atoms with Gasteiger partial charge in [0.1, 0.15) is 5.76 Å². The van der Waals surface area contributed by atoms with Crippen molar-refractivity contribution < 1.29 is 13.6 Å². The fourth-order valence-corrected chi connectivity index (χ4v) is 3.43. The fourth-order valence-electron chi connectivity index (χ4n) is 3.43. The van der Waals surface area contributed by atoms with Gasteiger partial charge in [-0.3, -0.25) is 4.79 Å². The van der Waals surface area contributed by atoms with Gasteiger partial charge in [-0.05, 0) is 37.1 Å². The zero-order chi connectivity index (χ0) is 20.3. The van der Waals surface area contributed by atoms with Gasteiger partial charge in [-0.25, -0.2) is 4.98 Å². The van der Waals surface area contributed by atoms with Crippen molar-refractivity contribution in [1.82, 2.24) is 10.3 Å². The number of nitrogens with zero attached hydrogens (tertiary/aromatic N) is 1. The topological polar surface area (TPSA) is 68.3 Å². The Morgan fingerprint density at radius 2 is 1.59 bits per heavy atom. The molecule has 2 heterocycles. The minimum absolute atomic E-state index is 0.116. The highest BCUT2D eigenvalue weighted by molar-refractivity contribution is 5.80. The molecule has 0 bridgehead atoms. The fraction of sp³-hybridized carbons (Fsp3) is 0.167. The molecule has 2 aromatic carbocycles. The van der Waals surface area contributed by atoms with E-state index in [0.29, 0.717) is 23.1 Å². The molecular formula is C24H22N2O3. The number of aromatic nitrogens is 1. The molecule has 1 amide bonds. The summed E-state index contributed by atoms with van der Waals surface area (Å²) in [5.74, 6) is 1.39. The second-order valence-corrected chi connectivity index (χ2v) is 7.08. The van der Waals surface area contributed by atoms with E-state index in [1.54, 1.807) is 25.3 Å². The largest absolute Gasteiger partial charge is 0.459 e. The van der Waals surface area contributed by atoms with Crippen molar-refractivity contribution in [1.29, 1.82) is 0 Å². The highest BCUT2D eigenvalue weighted by atomic mass is 16.4. The summed E-state index contributed by atoms with van der Waals surface area (Å²) in [4.78, 5) is 17.5. The number of furan rings is 1. The molecule has 0 aliphatic rings. The molecule has 4 aromatic rings. The van der Waals surface area contributed by atoms with Gasteiger partial charge in [0.15, 0.2) is 5.76 Å². The van der Waals surface area contributed by atoms with Crippen LogP contribution in [0.25, 0.3) is 11.7 Å². The monoisotopic (exact) mass is 386 g/mol. The third-order valence-electron chi connectivity index (χ3n) is 5.04. The molecule has 0 unspecified atom stereocenters. The minimum Gasteiger partial charge on any atom is -0.459 e. The van der Waals surface area contributed by atoms with Crippen LogP contribution in [-0.4, -0.2) is 10.9 Å². The van der Waals surface area contributed by atoms with E-state index in [-0.39, 0.29) is 12.3 Å². The summed E-state index contributed by atoms with van der Waals surface area (Å²) in [6, 6.07) is 23.4. The van der Waals surface area contributed by atoms with Crippen LogP contribution in [-0.2, 0) is 16.8 Å². The zero-order valence-corrected chi connectivity index (χ0v) is 16.4. The van der Waals surface area contributed by atoms with E-state index in [2.05, 4.69) is 10.3 Å². The summed E-state index contributed by atoms with van der Waals surface area (Å²) in [5.41, 5.74) is 1.94. The minimum atomic E-state index is -0.666. The highest BCUT2D eigenvalue weighted by Gasteiger charge is 2.31. The van der Waals surface area contributed by atoms with Crippen molar-refractivity contribution in [2.24, 2.45) is 0 Å². The molecule has 0 aliphatic heterocycles. The summed E-state index contributed by atoms with van der Waals surface area (Å²) < 4.78 is 11.0. The van der Waals surface area contributed by atoms with Gasteiger partial charge in [-0.15, -0.1) is 0 Å². The lowest BCUT2D eigenvalue weighted by Crippen LogP contribution is -2.45. The van der Waals surface area contributed by atoms with Crippen molar-refractivity contribution in [3.05, 3.63) is 102 Å². The van der Waals surface area contributed by atoms with Gasteiger partial charge >= 0.3 is 0 Å². The maximum Gasteiger partial charge on any atom is 0.263 e. The van der Waals surface area contributed by atoms with Gasteiger partial charge in [0, 0.05) is 0 Å². The summed E-state index contributed by atoms with van der Waals surface area (Å²) >= 11 is 0. The van der Waals surface area contributed by atoms with Gasteiger partial charge in [0.05, 0.1) is 23.9 Å². The molecule has 0 saturated carbocycles. The standard InChI is InChI=1S/C24H22N2O3/c1-17-20(25-23(29-17)21-14-9-15-28-21)16-22(27)26-24(2,18-10-5-3-6-11-18)19-12-7-4-8-13-19/h3-15H,16H2,1-2H3,(H,26,27). The summed E-state index contributed by atoms with van der Waals surface area (Å²) in [6.07, 6.45) is 1.68. The average Bonchev–Trinajstić information content (AvgIpc) is 3.39. The molecule has 0 saturated heterocycles. The van der Waals surface area contributed by atoms with E-state index < -0.39 is 5.54 Å². The Hall–Kier alpha value is -3.60. The highest BCUT2D eigenvalue weighted by Crippen LogP contribution is 2.29. The third-order valence-corrected chi connectivity index (χ3v) is 5.04. The maximum atomic E-state index is 13.0. The predicted molar refractivity (Wildman–Crippen MR) is 110 cm³/mol. The van der Waals surface area contributed by atoms with Crippen molar-refractivity contribution in [2.75, 3.05) is 0 Å². The average molecular weight is 386 g/mol. The molecule has 5 nitrogen and oxygen atoms in total. The molecule has 0 radical (unpaired) electrons. The Morgan fingerprint density at radius 1 is 0.966 bits per heavy atom. The lowest BCUT2D eigenvalue weighted by atomic mass is 9.84. The van der Waals surface area contributed by atoms with Crippen molar-refractivity contribution in [3.8, 4) is 11.7 Å². The molecule has 4 rings (SSSR count). The van der Waals surface area contributed by atoms with Gasteiger partial charge in [-0.1, -0.05) is 60.7 Å². The lowest BCUT2D eigenvalue weighted by molar-refractivity contribution is -0.122. The van der Waals surface area contributed by atoms with Crippen LogP contribution in [0.2, 0.25) is 0 Å². The number of benzene rings is 2. The number of carbonyl (C=O) groups excluding carboxylic acids is 1. The molecule has 2 aromatic heterocycles. The van der Waals surface area contributed by atoms with Crippen LogP contribution >= 0.6 is 0 Å². The molecule has 1 N–H and O–H groups in total. The number of aryl methyl sites for hydroxylation is 1. The number of carbonyl (C=O) groups is 1. The quantitative estimate of drug-likeness (QED) is 0.514. The van der Waals surface area contributed by atoms with E-state index in [9.17, 15) is 4.79 Å². The maximum absolute atomic E-state index is 13.0. The molecule has 0 fully saturated rings. The van der Waals surface area contributed by atoms with Gasteiger partial charge in [-0.2, -0.15) is 0 Å². The Morgan fingerprint density at radius 3 is 2.14 bits per heavy atom. The van der Waals surface area contributed by atoms with Crippen LogP contribution < -0.4 is 5.32 Å². The van der Waals surface area contributed by atoms with E-state index in [4.69, 9.17) is 8.83 Å². The first-order chi connectivity index (χ1) is 14.1. The first-order valence-corrected chi connectivity index (χ1v) is 9.48. The molecule has 0 aliphatic carbocycles. The smallest absolute Gasteiger partial charge is 0.263 e. The van der Waals surface area contributed by atoms with Crippen LogP contribution in [0.1, 0.15) is 29.5 Å². The molecule has 146 valence electrons. The Labute approximate surface area is 169 Å². The van der Waals surface area contributed by atoms with Crippen molar-refractivity contribution >= 4 is 5.91 Å². The number of oxazole rings is 1. The zero-order valence-electron chi connectivity index (χ0n) is 16.4.